The van der Waals surface area contributed by atoms with Crippen LogP contribution in [0.15, 0.2) is 18.2 Å². The predicted molar refractivity (Wildman–Crippen MR) is 56.8 cm³/mol. The van der Waals surface area contributed by atoms with Crippen LogP contribution in [0, 0.1) is 5.82 Å². The van der Waals surface area contributed by atoms with Gasteiger partial charge in [-0.25, -0.2) is 4.39 Å². The van der Waals surface area contributed by atoms with E-state index in [4.69, 9.17) is 4.74 Å². The Hall–Kier alpha value is -1.38. The van der Waals surface area contributed by atoms with Crippen molar-refractivity contribution in [3.05, 3.63) is 29.6 Å². The number of para-hydroxylation sites is 1. The van der Waals surface area contributed by atoms with Crippen molar-refractivity contribution in [3.8, 4) is 5.75 Å². The first-order chi connectivity index (χ1) is 7.06. The van der Waals surface area contributed by atoms with Gasteiger partial charge in [0.15, 0.2) is 17.3 Å². The summed E-state index contributed by atoms with van der Waals surface area (Å²) in [5.74, 6) is -0.602. The Morgan fingerprint density at radius 1 is 1.53 bits per heavy atom. The van der Waals surface area contributed by atoms with E-state index in [1.165, 1.54) is 19.1 Å². The van der Waals surface area contributed by atoms with Crippen LogP contribution < -0.4 is 4.74 Å². The molecule has 0 N–H and O–H groups in total. The van der Waals surface area contributed by atoms with Crippen molar-refractivity contribution in [2.24, 2.45) is 0 Å². The molecule has 1 aromatic carbocycles. The number of hydrogen-bond acceptors (Lipinski definition) is 2. The maximum atomic E-state index is 13.4. The molecular formula is C12H15FO2. The molecule has 2 nitrogen and oxygen atoms in total. The first-order valence-corrected chi connectivity index (χ1v) is 5.02. The van der Waals surface area contributed by atoms with Gasteiger partial charge in [0.25, 0.3) is 0 Å². The van der Waals surface area contributed by atoms with Gasteiger partial charge >= 0.3 is 0 Å². The van der Waals surface area contributed by atoms with Crippen LogP contribution in [0.3, 0.4) is 0 Å². The predicted octanol–water partition coefficient (Wildman–Crippen LogP) is 3.21. The van der Waals surface area contributed by atoms with Crippen LogP contribution in [0.5, 0.6) is 5.75 Å². The van der Waals surface area contributed by atoms with E-state index >= 15 is 0 Å². The maximum Gasteiger partial charge on any atom is 0.166 e. The molecule has 0 radical (unpaired) electrons. The number of rotatable bonds is 4. The van der Waals surface area contributed by atoms with Crippen LogP contribution in [0.25, 0.3) is 0 Å². The van der Waals surface area contributed by atoms with Crippen molar-refractivity contribution in [2.45, 2.75) is 33.3 Å². The summed E-state index contributed by atoms with van der Waals surface area (Å²) >= 11 is 0. The van der Waals surface area contributed by atoms with Gasteiger partial charge in [-0.1, -0.05) is 13.0 Å². The molecule has 3 heteroatoms. The number of halogens is 1. The highest BCUT2D eigenvalue weighted by molar-refractivity contribution is 5.96. The van der Waals surface area contributed by atoms with Crippen molar-refractivity contribution in [2.75, 3.05) is 0 Å². The Morgan fingerprint density at radius 2 is 2.20 bits per heavy atom. The van der Waals surface area contributed by atoms with E-state index in [9.17, 15) is 9.18 Å². The molecule has 15 heavy (non-hydrogen) atoms. The van der Waals surface area contributed by atoms with Gasteiger partial charge in [-0.15, -0.1) is 0 Å². The van der Waals surface area contributed by atoms with Gasteiger partial charge < -0.3 is 4.74 Å². The minimum absolute atomic E-state index is 0.0688. The van der Waals surface area contributed by atoms with Crippen LogP contribution in [0.4, 0.5) is 4.39 Å². The summed E-state index contributed by atoms with van der Waals surface area (Å²) < 4.78 is 18.8. The Kier molecular flexibility index (Phi) is 3.83. The van der Waals surface area contributed by atoms with Crippen molar-refractivity contribution < 1.29 is 13.9 Å². The summed E-state index contributed by atoms with van der Waals surface area (Å²) in [6.45, 7) is 5.19. The van der Waals surface area contributed by atoms with Gasteiger partial charge in [-0.3, -0.25) is 4.79 Å². The van der Waals surface area contributed by atoms with Crippen LogP contribution in [0.1, 0.15) is 37.6 Å². The van der Waals surface area contributed by atoms with E-state index in [0.717, 1.165) is 6.42 Å². The molecule has 1 unspecified atom stereocenters. The number of hydrogen-bond donors (Lipinski definition) is 0. The van der Waals surface area contributed by atoms with Gasteiger partial charge in [0.1, 0.15) is 0 Å². The lowest BCUT2D eigenvalue weighted by atomic mass is 10.1. The summed E-state index contributed by atoms with van der Waals surface area (Å²) in [7, 11) is 0. The Balaban J connectivity index is 3.07. The Bertz CT molecular complexity index is 361. The van der Waals surface area contributed by atoms with Gasteiger partial charge in [-0.05, 0) is 32.4 Å². The van der Waals surface area contributed by atoms with Gasteiger partial charge in [0, 0.05) is 0 Å². The zero-order chi connectivity index (χ0) is 11.4. The molecule has 82 valence electrons. The smallest absolute Gasteiger partial charge is 0.166 e. The molecule has 1 aromatic rings. The molecule has 0 spiro atoms. The maximum absolute atomic E-state index is 13.4. The molecule has 0 aliphatic heterocycles. The topological polar surface area (TPSA) is 26.3 Å². The number of ether oxygens (including phenoxy) is 1. The monoisotopic (exact) mass is 210 g/mol. The Morgan fingerprint density at radius 3 is 2.73 bits per heavy atom. The summed E-state index contributed by atoms with van der Waals surface area (Å²) in [5, 5.41) is 0. The molecular weight excluding hydrogens is 195 g/mol. The second-order valence-electron chi connectivity index (χ2n) is 3.51. The number of Topliss-reactive ketones (excluding diaryl/α,β-unsaturated/α-hetero) is 1. The van der Waals surface area contributed by atoms with Crippen LogP contribution in [-0.4, -0.2) is 11.9 Å². The van der Waals surface area contributed by atoms with Crippen LogP contribution in [-0.2, 0) is 0 Å². The molecule has 1 rings (SSSR count). The number of ketones is 1. The van der Waals surface area contributed by atoms with Crippen LogP contribution in [0.2, 0.25) is 0 Å². The van der Waals surface area contributed by atoms with Crippen LogP contribution >= 0.6 is 0 Å². The summed E-state index contributed by atoms with van der Waals surface area (Å²) in [6, 6.07) is 4.38. The molecule has 0 saturated carbocycles. The zero-order valence-electron chi connectivity index (χ0n) is 9.21. The standard InChI is InChI=1S/C12H15FO2/c1-4-8(2)15-12-10(9(3)14)6-5-7-11(12)13/h5-8H,4H2,1-3H3. The molecule has 0 fully saturated rings. The molecule has 0 aliphatic rings. The van der Waals surface area contributed by atoms with E-state index in [1.54, 1.807) is 6.07 Å². The highest BCUT2D eigenvalue weighted by Gasteiger charge is 2.15. The molecule has 0 aromatic heterocycles. The van der Waals surface area contributed by atoms with E-state index in [0.29, 0.717) is 5.56 Å². The third-order valence-corrected chi connectivity index (χ3v) is 2.24. The van der Waals surface area contributed by atoms with Gasteiger partial charge in [0.2, 0.25) is 0 Å². The largest absolute Gasteiger partial charge is 0.487 e. The molecule has 0 bridgehead atoms. The third-order valence-electron chi connectivity index (χ3n) is 2.24. The lowest BCUT2D eigenvalue weighted by Crippen LogP contribution is -2.13. The fourth-order valence-corrected chi connectivity index (χ4v) is 1.19. The summed E-state index contributed by atoms with van der Waals surface area (Å²) in [5.41, 5.74) is 0.301. The normalized spacial score (nSPS) is 12.3. The second kappa shape index (κ2) is 4.91. The lowest BCUT2D eigenvalue weighted by Gasteiger charge is -2.15. The molecule has 0 amide bonds. The average Bonchev–Trinajstić information content (AvgIpc) is 2.20. The van der Waals surface area contributed by atoms with E-state index < -0.39 is 5.82 Å². The molecule has 0 heterocycles. The average molecular weight is 210 g/mol. The fraction of sp³-hybridized carbons (Fsp3) is 0.417. The number of carbonyl (C=O) groups is 1. The minimum Gasteiger partial charge on any atom is -0.487 e. The first kappa shape index (κ1) is 11.7. The zero-order valence-corrected chi connectivity index (χ0v) is 9.21. The van der Waals surface area contributed by atoms with Crippen molar-refractivity contribution >= 4 is 5.78 Å². The molecule has 0 aliphatic carbocycles. The van der Waals surface area contributed by atoms with E-state index in [-0.39, 0.29) is 17.6 Å². The Labute approximate surface area is 89.1 Å². The van der Waals surface area contributed by atoms with Crippen molar-refractivity contribution in [1.29, 1.82) is 0 Å². The van der Waals surface area contributed by atoms with E-state index in [2.05, 4.69) is 0 Å². The fourth-order valence-electron chi connectivity index (χ4n) is 1.19. The first-order valence-electron chi connectivity index (χ1n) is 5.02. The number of benzene rings is 1. The third kappa shape index (κ3) is 2.78. The van der Waals surface area contributed by atoms with Crippen molar-refractivity contribution in [1.82, 2.24) is 0 Å². The summed E-state index contributed by atoms with van der Waals surface area (Å²) in [4.78, 5) is 11.2. The highest BCUT2D eigenvalue weighted by Crippen LogP contribution is 2.24. The minimum atomic E-state index is -0.483. The number of carbonyl (C=O) groups excluding carboxylic acids is 1. The summed E-state index contributed by atoms with van der Waals surface area (Å²) in [6.07, 6.45) is 0.672. The van der Waals surface area contributed by atoms with Crippen molar-refractivity contribution in [3.63, 3.8) is 0 Å². The molecule has 1 atom stereocenters. The van der Waals surface area contributed by atoms with Gasteiger partial charge in [-0.2, -0.15) is 0 Å². The quantitative estimate of drug-likeness (QED) is 0.713. The van der Waals surface area contributed by atoms with Gasteiger partial charge in [0.05, 0.1) is 11.7 Å². The lowest BCUT2D eigenvalue weighted by molar-refractivity contribution is 0.100. The SMILES string of the molecule is CCC(C)Oc1c(F)cccc1C(C)=O. The second-order valence-corrected chi connectivity index (χ2v) is 3.51. The molecule has 0 saturated heterocycles. The van der Waals surface area contributed by atoms with E-state index in [1.807, 2.05) is 13.8 Å². The highest BCUT2D eigenvalue weighted by atomic mass is 19.1.